The molecule has 0 fully saturated rings. The first-order chi connectivity index (χ1) is 12.4. The minimum absolute atomic E-state index is 0.0125. The quantitative estimate of drug-likeness (QED) is 0.612. The van der Waals surface area contributed by atoms with Crippen molar-refractivity contribution in [2.24, 2.45) is 0 Å². The minimum atomic E-state index is -4.01. The van der Waals surface area contributed by atoms with E-state index < -0.39 is 22.4 Å². The van der Waals surface area contributed by atoms with E-state index in [1.165, 1.54) is 6.07 Å². The molecule has 0 aromatic heterocycles. The van der Waals surface area contributed by atoms with Crippen LogP contribution in [0.4, 0.5) is 0 Å². The molecule has 6 nitrogen and oxygen atoms in total. The Morgan fingerprint density at radius 2 is 1.69 bits per heavy atom. The first kappa shape index (κ1) is 17.7. The zero-order valence-electron chi connectivity index (χ0n) is 14.4. The van der Waals surface area contributed by atoms with E-state index in [4.69, 9.17) is 0 Å². The van der Waals surface area contributed by atoms with Crippen LogP contribution in [0.15, 0.2) is 65.2 Å². The van der Waals surface area contributed by atoms with E-state index in [0.717, 1.165) is 4.31 Å². The summed E-state index contributed by atoms with van der Waals surface area (Å²) >= 11 is 0. The van der Waals surface area contributed by atoms with Crippen LogP contribution in [0.5, 0.6) is 0 Å². The van der Waals surface area contributed by atoms with Crippen molar-refractivity contribution in [2.45, 2.75) is 4.90 Å². The van der Waals surface area contributed by atoms with Crippen molar-refractivity contribution >= 4 is 21.5 Å². The van der Waals surface area contributed by atoms with Crippen molar-refractivity contribution in [3.8, 4) is 6.07 Å². The third kappa shape index (κ3) is 2.74. The first-order valence-electron chi connectivity index (χ1n) is 7.90. The fourth-order valence-electron chi connectivity index (χ4n) is 3.00. The topological polar surface area (TPSA) is 81.5 Å². The molecule has 0 unspecified atom stereocenters. The summed E-state index contributed by atoms with van der Waals surface area (Å²) in [6, 6.07) is 16.8. The monoisotopic (exact) mass is 367 g/mol. The molecule has 0 aliphatic carbocycles. The molecule has 0 amide bonds. The van der Waals surface area contributed by atoms with Gasteiger partial charge in [0.1, 0.15) is 12.2 Å². The lowest BCUT2D eigenvalue weighted by atomic mass is 10.0. The highest BCUT2D eigenvalue weighted by Gasteiger charge is 2.40. The number of fused-ring (bicyclic) bond motifs is 1. The molecule has 1 heterocycles. The molecule has 3 rings (SSSR count). The van der Waals surface area contributed by atoms with Gasteiger partial charge in [-0.15, -0.1) is 0 Å². The predicted molar refractivity (Wildman–Crippen MR) is 97.3 cm³/mol. The van der Waals surface area contributed by atoms with E-state index in [1.54, 1.807) is 67.5 Å². The molecule has 0 bridgehead atoms. The maximum absolute atomic E-state index is 13.2. The fraction of sp³-hybridized carbons (Fsp3) is 0.158. The third-order valence-corrected chi connectivity index (χ3v) is 5.90. The molecule has 1 aliphatic heterocycles. The molecular formula is C19H17N3O3S. The molecule has 0 saturated carbocycles. The second kappa shape index (κ2) is 6.65. The van der Waals surface area contributed by atoms with Crippen LogP contribution < -0.4 is 0 Å². The van der Waals surface area contributed by atoms with E-state index in [2.05, 4.69) is 0 Å². The number of nitriles is 1. The van der Waals surface area contributed by atoms with Gasteiger partial charge in [-0.25, -0.2) is 12.7 Å². The van der Waals surface area contributed by atoms with E-state index in [1.807, 2.05) is 6.07 Å². The highest BCUT2D eigenvalue weighted by molar-refractivity contribution is 7.89. The van der Waals surface area contributed by atoms with Crippen molar-refractivity contribution in [3.63, 3.8) is 0 Å². The smallest absolute Gasteiger partial charge is 0.266 e. The van der Waals surface area contributed by atoms with Gasteiger partial charge in [-0.1, -0.05) is 48.5 Å². The van der Waals surface area contributed by atoms with Gasteiger partial charge in [0, 0.05) is 25.2 Å². The van der Waals surface area contributed by atoms with Gasteiger partial charge in [-0.3, -0.25) is 4.79 Å². The Balaban J connectivity index is 2.38. The van der Waals surface area contributed by atoms with Crippen molar-refractivity contribution in [3.05, 3.63) is 71.4 Å². The van der Waals surface area contributed by atoms with Gasteiger partial charge in [0.15, 0.2) is 0 Å². The fourth-order valence-corrected chi connectivity index (χ4v) is 4.57. The number of rotatable bonds is 4. The number of hydrogen-bond acceptors (Lipinski definition) is 5. The van der Waals surface area contributed by atoms with Crippen LogP contribution in [-0.4, -0.2) is 44.0 Å². The van der Waals surface area contributed by atoms with Crippen LogP contribution in [0.1, 0.15) is 15.9 Å². The van der Waals surface area contributed by atoms with Crippen LogP contribution in [0.3, 0.4) is 0 Å². The number of allylic oxidation sites excluding steroid dienone is 1. The van der Waals surface area contributed by atoms with Gasteiger partial charge in [0.25, 0.3) is 10.0 Å². The van der Waals surface area contributed by atoms with Crippen molar-refractivity contribution in [1.82, 2.24) is 9.21 Å². The lowest BCUT2D eigenvalue weighted by Gasteiger charge is -2.34. The minimum Gasteiger partial charge on any atom is -0.375 e. The normalized spacial score (nSPS) is 15.2. The van der Waals surface area contributed by atoms with Crippen molar-refractivity contribution in [1.29, 1.82) is 5.26 Å². The standard InChI is InChI=1S/C19H17N3O3S/c1-21(2)17-15-10-6-7-11-16(15)26(24,25)22(13-12-20)18(17)19(23)14-8-4-3-5-9-14/h3-11H,13H2,1-2H3. The number of carbonyl (C=O) groups excluding carboxylic acids is 1. The molecule has 26 heavy (non-hydrogen) atoms. The third-order valence-electron chi connectivity index (χ3n) is 4.10. The Morgan fingerprint density at radius 1 is 1.08 bits per heavy atom. The summed E-state index contributed by atoms with van der Waals surface area (Å²) in [5, 5.41) is 9.19. The summed E-state index contributed by atoms with van der Waals surface area (Å²) in [6.45, 7) is -0.443. The summed E-state index contributed by atoms with van der Waals surface area (Å²) in [4.78, 5) is 15.0. The Kier molecular flexibility index (Phi) is 4.53. The van der Waals surface area contributed by atoms with Crippen LogP contribution in [0.25, 0.3) is 5.70 Å². The molecule has 0 atom stereocenters. The van der Waals surface area contributed by atoms with E-state index in [9.17, 15) is 18.5 Å². The summed E-state index contributed by atoms with van der Waals surface area (Å²) in [5.41, 5.74) is 1.27. The number of ketones is 1. The van der Waals surface area contributed by atoms with Gasteiger partial charge in [-0.05, 0) is 6.07 Å². The molecule has 2 aromatic rings. The number of nitrogens with zero attached hydrogens (tertiary/aromatic N) is 3. The molecule has 0 spiro atoms. The van der Waals surface area contributed by atoms with Crippen molar-refractivity contribution < 1.29 is 13.2 Å². The van der Waals surface area contributed by atoms with E-state index in [-0.39, 0.29) is 10.6 Å². The number of benzene rings is 2. The van der Waals surface area contributed by atoms with Crippen LogP contribution in [0, 0.1) is 11.3 Å². The maximum Gasteiger partial charge on any atom is 0.266 e. The zero-order chi connectivity index (χ0) is 18.9. The molecule has 132 valence electrons. The van der Waals surface area contributed by atoms with E-state index in [0.29, 0.717) is 16.8 Å². The van der Waals surface area contributed by atoms with Crippen LogP contribution in [-0.2, 0) is 10.0 Å². The van der Waals surface area contributed by atoms with Gasteiger partial charge in [0.05, 0.1) is 16.7 Å². The second-order valence-corrected chi connectivity index (χ2v) is 7.78. The lowest BCUT2D eigenvalue weighted by Crippen LogP contribution is -2.40. The Morgan fingerprint density at radius 3 is 2.31 bits per heavy atom. The zero-order valence-corrected chi connectivity index (χ0v) is 15.2. The molecule has 0 radical (unpaired) electrons. The van der Waals surface area contributed by atoms with Crippen LogP contribution >= 0.6 is 0 Å². The number of Topliss-reactive ketones (excluding diaryl/α,β-unsaturated/α-hetero) is 1. The summed E-state index contributed by atoms with van der Waals surface area (Å²) in [5.74, 6) is -0.442. The Hall–Kier alpha value is -3.11. The first-order valence-corrected chi connectivity index (χ1v) is 9.34. The van der Waals surface area contributed by atoms with Gasteiger partial charge in [0.2, 0.25) is 5.78 Å². The molecule has 0 saturated heterocycles. The lowest BCUT2D eigenvalue weighted by molar-refractivity contribution is 0.101. The number of sulfonamides is 1. The Labute approximate surface area is 152 Å². The molecular weight excluding hydrogens is 350 g/mol. The number of carbonyl (C=O) groups is 1. The van der Waals surface area contributed by atoms with E-state index >= 15 is 0 Å². The van der Waals surface area contributed by atoms with Gasteiger partial charge < -0.3 is 4.90 Å². The molecule has 1 aliphatic rings. The predicted octanol–water partition coefficient (Wildman–Crippen LogP) is 2.33. The van der Waals surface area contributed by atoms with Crippen LogP contribution in [0.2, 0.25) is 0 Å². The second-order valence-electron chi connectivity index (χ2n) is 5.95. The summed E-state index contributed by atoms with van der Waals surface area (Å²) < 4.78 is 27.1. The average Bonchev–Trinajstić information content (AvgIpc) is 2.64. The molecule has 7 heteroatoms. The summed E-state index contributed by atoms with van der Waals surface area (Å²) in [7, 11) is -0.522. The van der Waals surface area contributed by atoms with Gasteiger partial charge >= 0.3 is 0 Å². The largest absolute Gasteiger partial charge is 0.375 e. The average molecular weight is 367 g/mol. The highest BCUT2D eigenvalue weighted by atomic mass is 32.2. The van der Waals surface area contributed by atoms with Gasteiger partial charge in [-0.2, -0.15) is 5.26 Å². The van der Waals surface area contributed by atoms with Crippen molar-refractivity contribution in [2.75, 3.05) is 20.6 Å². The summed E-state index contributed by atoms with van der Waals surface area (Å²) in [6.07, 6.45) is 0. The molecule has 2 aromatic carbocycles. The maximum atomic E-state index is 13.2. The highest BCUT2D eigenvalue weighted by Crippen LogP contribution is 2.38. The Bertz CT molecular complexity index is 1040. The SMILES string of the molecule is CN(C)C1=C(C(=O)c2ccccc2)N(CC#N)S(=O)(=O)c2ccccc21. The number of hydrogen-bond donors (Lipinski definition) is 0. The molecule has 0 N–H and O–H groups in total.